The Balaban J connectivity index is 1.60. The first-order valence-electron chi connectivity index (χ1n) is 11.0. The van der Waals surface area contributed by atoms with E-state index in [-0.39, 0.29) is 41.6 Å². The molecule has 3 atom stereocenters. The molecule has 0 spiro atoms. The zero-order valence-corrected chi connectivity index (χ0v) is 20.1. The Kier molecular flexibility index (Phi) is 5.79. The number of benzene rings is 2. The van der Waals surface area contributed by atoms with Gasteiger partial charge >= 0.3 is 0 Å². The van der Waals surface area contributed by atoms with Crippen LogP contribution in [0.25, 0.3) is 0 Å². The second kappa shape index (κ2) is 8.63. The van der Waals surface area contributed by atoms with E-state index >= 15 is 4.39 Å². The first-order valence-corrected chi connectivity index (χ1v) is 12.6. The Morgan fingerprint density at radius 2 is 1.84 bits per heavy atom. The molecule has 9 nitrogen and oxygen atoms in total. The van der Waals surface area contributed by atoms with Crippen LogP contribution >= 0.6 is 0 Å². The van der Waals surface area contributed by atoms with Gasteiger partial charge in [-0.25, -0.2) is 27.2 Å². The predicted molar refractivity (Wildman–Crippen MR) is 127 cm³/mol. The molecule has 1 saturated heterocycles. The van der Waals surface area contributed by atoms with Gasteiger partial charge < -0.3 is 15.8 Å². The zero-order chi connectivity index (χ0) is 26.6. The number of amidine groups is 1. The van der Waals surface area contributed by atoms with Crippen LogP contribution in [-0.2, 0) is 24.9 Å². The summed E-state index contributed by atoms with van der Waals surface area (Å²) >= 11 is 0. The van der Waals surface area contributed by atoms with Gasteiger partial charge in [0.25, 0.3) is 5.91 Å². The Labute approximate surface area is 209 Å². The number of nitrogens with zero attached hydrogens (tertiary/aromatic N) is 3. The lowest BCUT2D eigenvalue weighted by molar-refractivity contribution is 0.102. The van der Waals surface area contributed by atoms with Crippen LogP contribution < -0.4 is 11.1 Å². The molecule has 0 bridgehead atoms. The van der Waals surface area contributed by atoms with Crippen molar-refractivity contribution < 1.29 is 31.1 Å². The third-order valence-electron chi connectivity index (χ3n) is 6.82. The Morgan fingerprint density at radius 1 is 1.11 bits per heavy atom. The summed E-state index contributed by atoms with van der Waals surface area (Å²) in [6.07, 6.45) is 1.70. The van der Waals surface area contributed by atoms with Crippen molar-refractivity contribution >= 4 is 27.3 Å². The molecule has 0 radical (unpaired) electrons. The lowest BCUT2D eigenvalue weighted by Crippen LogP contribution is -2.60. The van der Waals surface area contributed by atoms with Gasteiger partial charge in [-0.2, -0.15) is 4.39 Å². The van der Waals surface area contributed by atoms with Gasteiger partial charge in [0, 0.05) is 11.3 Å². The van der Waals surface area contributed by atoms with Crippen LogP contribution in [0.15, 0.2) is 59.9 Å². The summed E-state index contributed by atoms with van der Waals surface area (Å²) in [4.78, 5) is 24.1. The van der Waals surface area contributed by atoms with Crippen LogP contribution in [0.4, 0.5) is 18.9 Å². The third kappa shape index (κ3) is 3.76. The molecule has 1 fully saturated rings. The molecular weight excluding hydrogens is 511 g/mol. The molecule has 0 aliphatic carbocycles. The number of rotatable bonds is 4. The van der Waals surface area contributed by atoms with Gasteiger partial charge in [-0.05, 0) is 42.8 Å². The molecule has 192 valence electrons. The maximum absolute atomic E-state index is 15.3. The van der Waals surface area contributed by atoms with Gasteiger partial charge in [-0.1, -0.05) is 12.1 Å². The van der Waals surface area contributed by atoms with Crippen LogP contribution in [0.2, 0.25) is 0 Å². The summed E-state index contributed by atoms with van der Waals surface area (Å²) in [5.41, 5.74) is 4.52. The molecule has 3 aromatic rings. The van der Waals surface area contributed by atoms with E-state index < -0.39 is 48.9 Å². The molecule has 1 amide bonds. The van der Waals surface area contributed by atoms with Crippen LogP contribution in [0.1, 0.15) is 28.5 Å². The molecule has 5 rings (SSSR count). The number of fused-ring (bicyclic) bond motifs is 1. The SMILES string of the molecule is C[C@@]1(c2ccc(F)cc2)C(N)=N[C@@]2(c3cc(NC(=O)c4cnc(F)cn4)ccc3F)COC[C@H]2S1(=O)=O. The number of ether oxygens (including phenoxy) is 1. The van der Waals surface area contributed by atoms with Gasteiger partial charge in [0.1, 0.15) is 34.0 Å². The molecular formula is C24H20F3N5O4S. The van der Waals surface area contributed by atoms with Crippen molar-refractivity contribution in [2.24, 2.45) is 10.7 Å². The van der Waals surface area contributed by atoms with E-state index in [0.717, 1.165) is 30.6 Å². The van der Waals surface area contributed by atoms with Gasteiger partial charge in [0.15, 0.2) is 14.6 Å². The molecule has 2 aliphatic heterocycles. The number of carbonyl (C=O) groups excluding carboxylic acids is 1. The van der Waals surface area contributed by atoms with Crippen LogP contribution in [0.5, 0.6) is 0 Å². The van der Waals surface area contributed by atoms with E-state index in [1.54, 1.807) is 0 Å². The highest BCUT2D eigenvalue weighted by atomic mass is 32.2. The summed E-state index contributed by atoms with van der Waals surface area (Å²) in [5, 5.41) is 1.18. The number of carbonyl (C=O) groups is 1. The van der Waals surface area contributed by atoms with Crippen LogP contribution in [0, 0.1) is 17.6 Å². The summed E-state index contributed by atoms with van der Waals surface area (Å²) in [5.74, 6) is -3.26. The van der Waals surface area contributed by atoms with Crippen molar-refractivity contribution in [3.05, 3.63) is 89.3 Å². The number of sulfone groups is 1. The summed E-state index contributed by atoms with van der Waals surface area (Å²) in [6.45, 7) is 0.805. The quantitative estimate of drug-likeness (QED) is 0.528. The second-order valence-corrected chi connectivity index (χ2v) is 11.4. The highest BCUT2D eigenvalue weighted by Crippen LogP contribution is 2.50. The molecule has 1 aromatic heterocycles. The topological polar surface area (TPSA) is 137 Å². The number of hydrogen-bond acceptors (Lipinski definition) is 8. The van der Waals surface area contributed by atoms with Crippen molar-refractivity contribution in [2.75, 3.05) is 18.5 Å². The summed E-state index contributed by atoms with van der Waals surface area (Å²) < 4.78 is 73.5. The number of amides is 1. The Bertz CT molecular complexity index is 1530. The van der Waals surface area contributed by atoms with Crippen molar-refractivity contribution in [1.82, 2.24) is 9.97 Å². The standard InChI is InChI=1S/C24H20F3N5O4S/c1-23(13-2-4-14(25)5-3-13)22(28)32-24(12-36-11-19(24)37(23,34)35)16-8-15(6-7-17(16)26)31-21(33)18-9-30-20(27)10-29-18/h2-10,19H,11-12H2,1H3,(H2,28,32)(H,31,33)/t19-,23-,24-/m1/s1. The van der Waals surface area contributed by atoms with E-state index in [4.69, 9.17) is 10.5 Å². The fraction of sp³-hybridized carbons (Fsp3) is 0.250. The molecule has 3 heterocycles. The van der Waals surface area contributed by atoms with E-state index in [0.29, 0.717) is 0 Å². The number of anilines is 1. The van der Waals surface area contributed by atoms with Gasteiger partial charge in [0.05, 0.1) is 25.6 Å². The molecule has 0 saturated carbocycles. The average molecular weight is 532 g/mol. The Morgan fingerprint density at radius 3 is 2.51 bits per heavy atom. The molecule has 2 aromatic carbocycles. The summed E-state index contributed by atoms with van der Waals surface area (Å²) in [6, 6.07) is 8.43. The maximum atomic E-state index is 15.3. The minimum absolute atomic E-state index is 0.102. The van der Waals surface area contributed by atoms with E-state index in [2.05, 4.69) is 20.3 Å². The van der Waals surface area contributed by atoms with Crippen molar-refractivity contribution in [1.29, 1.82) is 0 Å². The monoisotopic (exact) mass is 531 g/mol. The molecule has 3 N–H and O–H groups in total. The lowest BCUT2D eigenvalue weighted by Gasteiger charge is -2.43. The fourth-order valence-corrected chi connectivity index (χ4v) is 7.11. The first kappa shape index (κ1) is 24.8. The van der Waals surface area contributed by atoms with Crippen molar-refractivity contribution in [3.8, 4) is 0 Å². The van der Waals surface area contributed by atoms with Crippen LogP contribution in [0.3, 0.4) is 0 Å². The minimum Gasteiger partial charge on any atom is -0.386 e. The molecule has 2 aliphatic rings. The largest absolute Gasteiger partial charge is 0.386 e. The number of nitrogens with two attached hydrogens (primary N) is 1. The highest BCUT2D eigenvalue weighted by molar-refractivity contribution is 7.94. The molecule has 0 unspecified atom stereocenters. The van der Waals surface area contributed by atoms with E-state index in [9.17, 15) is 22.0 Å². The van der Waals surface area contributed by atoms with Gasteiger partial charge in [0.2, 0.25) is 5.95 Å². The lowest BCUT2D eigenvalue weighted by atomic mass is 9.87. The normalized spacial score (nSPS) is 26.3. The van der Waals surface area contributed by atoms with Crippen molar-refractivity contribution in [3.63, 3.8) is 0 Å². The number of aromatic nitrogens is 2. The smallest absolute Gasteiger partial charge is 0.275 e. The third-order valence-corrected chi connectivity index (χ3v) is 9.67. The van der Waals surface area contributed by atoms with Gasteiger partial charge in [-0.3, -0.25) is 9.79 Å². The van der Waals surface area contributed by atoms with Gasteiger partial charge in [-0.15, -0.1) is 0 Å². The average Bonchev–Trinajstić information content (AvgIpc) is 3.30. The van der Waals surface area contributed by atoms with Crippen molar-refractivity contribution in [2.45, 2.75) is 22.5 Å². The minimum atomic E-state index is -4.23. The first-order chi connectivity index (χ1) is 17.5. The fourth-order valence-electron chi connectivity index (χ4n) is 4.71. The second-order valence-electron chi connectivity index (χ2n) is 8.88. The maximum Gasteiger partial charge on any atom is 0.275 e. The zero-order valence-electron chi connectivity index (χ0n) is 19.3. The van der Waals surface area contributed by atoms with E-state index in [1.165, 1.54) is 31.2 Å². The predicted octanol–water partition coefficient (Wildman–Crippen LogP) is 2.44. The number of hydrogen-bond donors (Lipinski definition) is 2. The molecule has 37 heavy (non-hydrogen) atoms. The number of nitrogens with one attached hydrogen (secondary N) is 1. The molecule has 13 heteroatoms. The van der Waals surface area contributed by atoms with E-state index in [1.807, 2.05) is 0 Å². The summed E-state index contributed by atoms with van der Waals surface area (Å²) in [7, 11) is -4.23. The van der Waals surface area contributed by atoms with Crippen LogP contribution in [-0.4, -0.2) is 48.6 Å². The Hall–Kier alpha value is -3.84. The number of aliphatic imine (C=N–C) groups is 1. The number of halogens is 3. The highest BCUT2D eigenvalue weighted by Gasteiger charge is 2.64.